The zero-order valence-corrected chi connectivity index (χ0v) is 12.7. The van der Waals surface area contributed by atoms with Crippen molar-refractivity contribution < 1.29 is 9.84 Å². The van der Waals surface area contributed by atoms with Crippen molar-refractivity contribution in [3.63, 3.8) is 0 Å². The molecule has 0 aromatic heterocycles. The maximum atomic E-state index is 10.1. The van der Waals surface area contributed by atoms with Crippen LogP contribution in [-0.4, -0.2) is 41.3 Å². The normalized spacial score (nSPS) is 25.6. The van der Waals surface area contributed by atoms with Gasteiger partial charge in [-0.25, -0.2) is 0 Å². The number of benzene rings is 1. The van der Waals surface area contributed by atoms with E-state index >= 15 is 0 Å². The van der Waals surface area contributed by atoms with Crippen molar-refractivity contribution in [2.24, 2.45) is 0 Å². The van der Waals surface area contributed by atoms with Crippen LogP contribution in [0.4, 0.5) is 0 Å². The predicted molar refractivity (Wildman–Crippen MR) is 81.6 cm³/mol. The molecule has 0 bridgehead atoms. The van der Waals surface area contributed by atoms with E-state index in [-0.39, 0.29) is 0 Å². The van der Waals surface area contributed by atoms with E-state index in [2.05, 4.69) is 18.7 Å². The first-order valence-electron chi connectivity index (χ1n) is 7.72. The van der Waals surface area contributed by atoms with Crippen LogP contribution in [0, 0.1) is 0 Å². The number of nitrogens with zero attached hydrogens (tertiary/aromatic N) is 1. The molecule has 3 nitrogen and oxygen atoms in total. The average Bonchev–Trinajstić information content (AvgIpc) is 2.44. The molecule has 112 valence electrons. The maximum Gasteiger partial charge on any atom is 0.0900 e. The van der Waals surface area contributed by atoms with Gasteiger partial charge in [0.25, 0.3) is 0 Å². The Balaban J connectivity index is 1.70. The summed E-state index contributed by atoms with van der Waals surface area (Å²) in [5, 5.41) is 10.1. The van der Waals surface area contributed by atoms with Crippen LogP contribution in [0.5, 0.6) is 0 Å². The summed E-state index contributed by atoms with van der Waals surface area (Å²) in [6.07, 6.45) is 3.38. The van der Waals surface area contributed by atoms with Crippen LogP contribution in [0.1, 0.15) is 38.7 Å². The summed E-state index contributed by atoms with van der Waals surface area (Å²) >= 11 is 0. The van der Waals surface area contributed by atoms with Gasteiger partial charge in [0.2, 0.25) is 0 Å². The van der Waals surface area contributed by atoms with Crippen LogP contribution < -0.4 is 0 Å². The van der Waals surface area contributed by atoms with Crippen LogP contribution in [0.15, 0.2) is 30.3 Å². The summed E-state index contributed by atoms with van der Waals surface area (Å²) in [6, 6.07) is 11.2. The number of hydrogen-bond donors (Lipinski definition) is 1. The van der Waals surface area contributed by atoms with Gasteiger partial charge in [0.1, 0.15) is 0 Å². The minimum absolute atomic E-state index is 0.401. The van der Waals surface area contributed by atoms with Gasteiger partial charge in [0, 0.05) is 18.6 Å². The molecule has 1 aromatic rings. The smallest absolute Gasteiger partial charge is 0.0900 e. The molecule has 0 unspecified atom stereocenters. The Labute approximate surface area is 122 Å². The highest BCUT2D eigenvalue weighted by Gasteiger charge is 2.26. The molecule has 3 atom stereocenters. The van der Waals surface area contributed by atoms with Crippen LogP contribution in [0.2, 0.25) is 0 Å². The Morgan fingerprint density at radius 2 is 1.85 bits per heavy atom. The fraction of sp³-hybridized carbons (Fsp3) is 0.647. The number of aliphatic hydroxyl groups excluding tert-OH is 1. The van der Waals surface area contributed by atoms with Gasteiger partial charge in [-0.15, -0.1) is 0 Å². The lowest BCUT2D eigenvalue weighted by molar-refractivity contribution is -0.0135. The Morgan fingerprint density at radius 1 is 1.20 bits per heavy atom. The SMILES string of the molecule is C[C@@H]1CCC[C@@H](C)N1C[C@@H](O)COCc1ccccc1. The van der Waals surface area contributed by atoms with Gasteiger partial charge in [0.05, 0.1) is 19.3 Å². The lowest BCUT2D eigenvalue weighted by Gasteiger charge is -2.40. The zero-order valence-electron chi connectivity index (χ0n) is 12.7. The van der Waals surface area contributed by atoms with E-state index in [4.69, 9.17) is 4.74 Å². The van der Waals surface area contributed by atoms with Gasteiger partial charge in [-0.3, -0.25) is 4.90 Å². The van der Waals surface area contributed by atoms with Gasteiger partial charge in [-0.2, -0.15) is 0 Å². The first-order chi connectivity index (χ1) is 9.66. The largest absolute Gasteiger partial charge is 0.389 e. The van der Waals surface area contributed by atoms with Crippen molar-refractivity contribution in [1.29, 1.82) is 0 Å². The van der Waals surface area contributed by atoms with E-state index in [1.54, 1.807) is 0 Å². The number of hydrogen-bond acceptors (Lipinski definition) is 3. The number of β-amino-alcohol motifs (C(OH)–C–C–N with tert-alkyl or cyclic N) is 1. The molecule has 1 N–H and O–H groups in total. The van der Waals surface area contributed by atoms with Crippen molar-refractivity contribution in [2.75, 3.05) is 13.2 Å². The second kappa shape index (κ2) is 7.77. The van der Waals surface area contributed by atoms with E-state index in [1.165, 1.54) is 19.3 Å². The average molecular weight is 277 g/mol. The second-order valence-electron chi connectivity index (χ2n) is 5.98. The molecule has 1 aliphatic rings. The molecule has 3 heteroatoms. The van der Waals surface area contributed by atoms with E-state index in [9.17, 15) is 5.11 Å². The highest BCUT2D eigenvalue weighted by Crippen LogP contribution is 2.22. The van der Waals surface area contributed by atoms with Crippen molar-refractivity contribution in [3.05, 3.63) is 35.9 Å². The summed E-state index contributed by atoms with van der Waals surface area (Å²) in [5.74, 6) is 0. The number of rotatable bonds is 6. The maximum absolute atomic E-state index is 10.1. The minimum atomic E-state index is -0.401. The van der Waals surface area contributed by atoms with Crippen molar-refractivity contribution in [2.45, 2.75) is 57.9 Å². The van der Waals surface area contributed by atoms with Crippen molar-refractivity contribution in [3.8, 4) is 0 Å². The van der Waals surface area contributed by atoms with Crippen LogP contribution in [0.3, 0.4) is 0 Å². The summed E-state index contributed by atoms with van der Waals surface area (Å²) in [7, 11) is 0. The molecule has 0 amide bonds. The fourth-order valence-corrected chi connectivity index (χ4v) is 3.02. The third kappa shape index (κ3) is 4.58. The van der Waals surface area contributed by atoms with Crippen LogP contribution >= 0.6 is 0 Å². The molecule has 1 heterocycles. The molecule has 0 aliphatic carbocycles. The number of piperidine rings is 1. The molecule has 2 rings (SSSR count). The van der Waals surface area contributed by atoms with Gasteiger partial charge in [-0.05, 0) is 32.3 Å². The first kappa shape index (κ1) is 15.5. The van der Waals surface area contributed by atoms with Crippen molar-refractivity contribution >= 4 is 0 Å². The highest BCUT2D eigenvalue weighted by atomic mass is 16.5. The molecule has 20 heavy (non-hydrogen) atoms. The molecule has 0 saturated carbocycles. The molecule has 1 fully saturated rings. The Bertz CT molecular complexity index is 372. The predicted octanol–water partition coefficient (Wildman–Crippen LogP) is 2.83. The number of likely N-dealkylation sites (tertiary alicyclic amines) is 1. The fourth-order valence-electron chi connectivity index (χ4n) is 3.02. The third-order valence-electron chi connectivity index (χ3n) is 4.22. The summed E-state index contributed by atoms with van der Waals surface area (Å²) in [5.41, 5.74) is 1.15. The van der Waals surface area contributed by atoms with E-state index < -0.39 is 6.10 Å². The monoisotopic (exact) mass is 277 g/mol. The summed E-state index contributed by atoms with van der Waals surface area (Å²) in [4.78, 5) is 2.42. The molecule has 1 aliphatic heterocycles. The minimum Gasteiger partial charge on any atom is -0.389 e. The van der Waals surface area contributed by atoms with Gasteiger partial charge in [-0.1, -0.05) is 36.8 Å². The van der Waals surface area contributed by atoms with Crippen molar-refractivity contribution in [1.82, 2.24) is 4.90 Å². The molecule has 1 aromatic carbocycles. The molecule has 1 saturated heterocycles. The summed E-state index contributed by atoms with van der Waals surface area (Å²) < 4.78 is 5.62. The molecule has 0 radical (unpaired) electrons. The van der Waals surface area contributed by atoms with Gasteiger partial charge >= 0.3 is 0 Å². The quantitative estimate of drug-likeness (QED) is 0.868. The number of ether oxygens (including phenoxy) is 1. The molecular weight excluding hydrogens is 250 g/mol. The van der Waals surface area contributed by atoms with E-state index in [0.29, 0.717) is 25.3 Å². The Kier molecular flexibility index (Phi) is 6.02. The van der Waals surface area contributed by atoms with E-state index in [0.717, 1.165) is 12.1 Å². The molecule has 0 spiro atoms. The molecular formula is C17H27NO2. The Morgan fingerprint density at radius 3 is 2.50 bits per heavy atom. The topological polar surface area (TPSA) is 32.7 Å². The van der Waals surface area contributed by atoms with E-state index in [1.807, 2.05) is 30.3 Å². The standard InChI is InChI=1S/C17H27NO2/c1-14-7-6-8-15(2)18(14)11-17(19)13-20-12-16-9-4-3-5-10-16/h3-5,9-10,14-15,17,19H,6-8,11-13H2,1-2H3/t14-,15-,17-/m1/s1. The lowest BCUT2D eigenvalue weighted by Crippen LogP contribution is -2.48. The summed E-state index contributed by atoms with van der Waals surface area (Å²) in [6.45, 7) is 6.21. The zero-order chi connectivity index (χ0) is 14.4. The number of aliphatic hydroxyl groups is 1. The lowest BCUT2D eigenvalue weighted by atomic mass is 9.97. The van der Waals surface area contributed by atoms with Crippen LogP contribution in [-0.2, 0) is 11.3 Å². The van der Waals surface area contributed by atoms with Gasteiger partial charge < -0.3 is 9.84 Å². The van der Waals surface area contributed by atoms with Crippen LogP contribution in [0.25, 0.3) is 0 Å². The highest BCUT2D eigenvalue weighted by molar-refractivity contribution is 5.13. The third-order valence-corrected chi connectivity index (χ3v) is 4.22. The first-order valence-corrected chi connectivity index (χ1v) is 7.72. The van der Waals surface area contributed by atoms with Gasteiger partial charge in [0.15, 0.2) is 0 Å². The Hall–Kier alpha value is -0.900. The second-order valence-corrected chi connectivity index (χ2v) is 5.98.